The van der Waals surface area contributed by atoms with Crippen molar-refractivity contribution in [1.29, 1.82) is 0 Å². The Hall–Kier alpha value is -1.20. The van der Waals surface area contributed by atoms with Crippen LogP contribution in [0.5, 0.6) is 5.75 Å². The van der Waals surface area contributed by atoms with Crippen LogP contribution in [-0.4, -0.2) is 16.5 Å². The van der Waals surface area contributed by atoms with E-state index in [4.69, 9.17) is 20.8 Å². The first-order valence-corrected chi connectivity index (χ1v) is 6.54. The van der Waals surface area contributed by atoms with Crippen LogP contribution in [0.2, 0.25) is 5.02 Å². The lowest BCUT2D eigenvalue weighted by molar-refractivity contribution is 0.251. The molecular formula is C11H11ClN2O2S. The molecule has 1 aromatic heterocycles. The molecule has 0 bridgehead atoms. The van der Waals surface area contributed by atoms with Gasteiger partial charge in [-0.25, -0.2) is 0 Å². The molecule has 0 aliphatic rings. The molecule has 1 heterocycles. The molecule has 0 saturated heterocycles. The van der Waals surface area contributed by atoms with Gasteiger partial charge in [0.15, 0.2) is 6.61 Å². The third-order valence-electron chi connectivity index (χ3n) is 2.11. The SMILES string of the molecule is CSc1nnc(COc2ccc(Cl)cc2C)o1. The maximum atomic E-state index is 5.86. The van der Waals surface area contributed by atoms with Crippen LogP contribution in [0.15, 0.2) is 27.8 Å². The molecule has 0 aliphatic carbocycles. The van der Waals surface area contributed by atoms with E-state index in [-0.39, 0.29) is 6.61 Å². The Balaban J connectivity index is 2.02. The highest BCUT2D eigenvalue weighted by molar-refractivity contribution is 7.98. The van der Waals surface area contributed by atoms with Gasteiger partial charge in [-0.2, -0.15) is 0 Å². The first-order valence-electron chi connectivity index (χ1n) is 4.94. The van der Waals surface area contributed by atoms with E-state index in [0.717, 1.165) is 11.3 Å². The van der Waals surface area contributed by atoms with Crippen LogP contribution >= 0.6 is 23.4 Å². The molecule has 0 aliphatic heterocycles. The summed E-state index contributed by atoms with van der Waals surface area (Å²) in [5.41, 5.74) is 0.974. The van der Waals surface area contributed by atoms with E-state index >= 15 is 0 Å². The predicted molar refractivity (Wildman–Crippen MR) is 66.6 cm³/mol. The van der Waals surface area contributed by atoms with Crippen LogP contribution in [0, 0.1) is 6.92 Å². The van der Waals surface area contributed by atoms with Gasteiger partial charge >= 0.3 is 0 Å². The van der Waals surface area contributed by atoms with Crippen molar-refractivity contribution in [3.8, 4) is 5.75 Å². The van der Waals surface area contributed by atoms with Crippen molar-refractivity contribution in [3.05, 3.63) is 34.7 Å². The Morgan fingerprint density at radius 3 is 2.88 bits per heavy atom. The fraction of sp³-hybridized carbons (Fsp3) is 0.273. The quantitative estimate of drug-likeness (QED) is 0.798. The minimum absolute atomic E-state index is 0.260. The number of aryl methyl sites for hydroxylation is 1. The number of benzene rings is 1. The van der Waals surface area contributed by atoms with Crippen LogP contribution in [0.25, 0.3) is 0 Å². The Morgan fingerprint density at radius 2 is 2.24 bits per heavy atom. The summed E-state index contributed by atoms with van der Waals surface area (Å²) in [7, 11) is 0. The highest BCUT2D eigenvalue weighted by Crippen LogP contribution is 2.22. The standard InChI is InChI=1S/C11H11ClN2O2S/c1-7-5-8(12)3-4-9(7)15-6-10-13-14-11(16-10)17-2/h3-5H,6H2,1-2H3. The van der Waals surface area contributed by atoms with Gasteiger partial charge in [-0.3, -0.25) is 0 Å². The zero-order chi connectivity index (χ0) is 12.3. The van der Waals surface area contributed by atoms with Gasteiger partial charge in [0, 0.05) is 5.02 Å². The zero-order valence-corrected chi connectivity index (χ0v) is 11.0. The average molecular weight is 271 g/mol. The van der Waals surface area contributed by atoms with Gasteiger partial charge in [0.05, 0.1) is 0 Å². The normalized spacial score (nSPS) is 10.5. The molecule has 0 unspecified atom stereocenters. The molecule has 6 heteroatoms. The van der Waals surface area contributed by atoms with Crippen LogP contribution in [-0.2, 0) is 6.61 Å². The second-order valence-electron chi connectivity index (χ2n) is 3.36. The number of halogens is 1. The lowest BCUT2D eigenvalue weighted by atomic mass is 10.2. The van der Waals surface area contributed by atoms with Gasteiger partial charge in [0.2, 0.25) is 0 Å². The molecule has 1 aromatic carbocycles. The molecule has 0 atom stereocenters. The summed E-state index contributed by atoms with van der Waals surface area (Å²) in [5.74, 6) is 1.22. The number of hydrogen-bond donors (Lipinski definition) is 0. The number of ether oxygens (including phenoxy) is 1. The fourth-order valence-corrected chi connectivity index (χ4v) is 1.82. The topological polar surface area (TPSA) is 48.2 Å². The van der Waals surface area contributed by atoms with Crippen LogP contribution in [0.3, 0.4) is 0 Å². The first-order chi connectivity index (χ1) is 8.19. The summed E-state index contributed by atoms with van der Waals surface area (Å²) in [6.07, 6.45) is 1.88. The van der Waals surface area contributed by atoms with Crippen molar-refractivity contribution < 1.29 is 9.15 Å². The van der Waals surface area contributed by atoms with E-state index in [1.54, 1.807) is 6.07 Å². The Kier molecular flexibility index (Phi) is 3.91. The van der Waals surface area contributed by atoms with Crippen molar-refractivity contribution in [2.24, 2.45) is 0 Å². The monoisotopic (exact) mass is 270 g/mol. The molecule has 0 saturated carbocycles. The van der Waals surface area contributed by atoms with Crippen LogP contribution in [0.1, 0.15) is 11.5 Å². The summed E-state index contributed by atoms with van der Waals surface area (Å²) < 4.78 is 10.9. The molecule has 4 nitrogen and oxygen atoms in total. The van der Waals surface area contributed by atoms with E-state index < -0.39 is 0 Å². The number of thioether (sulfide) groups is 1. The van der Waals surface area contributed by atoms with Crippen molar-refractivity contribution in [2.45, 2.75) is 18.8 Å². The maximum Gasteiger partial charge on any atom is 0.276 e. The van der Waals surface area contributed by atoms with Gasteiger partial charge in [0.25, 0.3) is 11.1 Å². The summed E-state index contributed by atoms with van der Waals surface area (Å²) in [6, 6.07) is 5.45. The van der Waals surface area contributed by atoms with Gasteiger partial charge in [-0.05, 0) is 36.9 Å². The Morgan fingerprint density at radius 1 is 1.41 bits per heavy atom. The second-order valence-corrected chi connectivity index (χ2v) is 4.56. The lowest BCUT2D eigenvalue weighted by Gasteiger charge is -2.06. The number of hydrogen-bond acceptors (Lipinski definition) is 5. The molecule has 0 fully saturated rings. The van der Waals surface area contributed by atoms with Crippen molar-refractivity contribution in [2.75, 3.05) is 6.26 Å². The van der Waals surface area contributed by atoms with Crippen molar-refractivity contribution in [1.82, 2.24) is 10.2 Å². The van der Waals surface area contributed by atoms with E-state index in [9.17, 15) is 0 Å². The molecule has 0 amide bonds. The van der Waals surface area contributed by atoms with E-state index in [1.807, 2.05) is 25.3 Å². The predicted octanol–water partition coefficient (Wildman–Crippen LogP) is 3.33. The molecule has 0 N–H and O–H groups in total. The summed E-state index contributed by atoms with van der Waals surface area (Å²) in [4.78, 5) is 0. The van der Waals surface area contributed by atoms with Crippen molar-refractivity contribution in [3.63, 3.8) is 0 Å². The molecular weight excluding hydrogens is 260 g/mol. The highest BCUT2D eigenvalue weighted by Gasteiger charge is 2.06. The smallest absolute Gasteiger partial charge is 0.276 e. The summed E-state index contributed by atoms with van der Waals surface area (Å²) in [6.45, 7) is 2.19. The molecule has 0 radical (unpaired) electrons. The van der Waals surface area contributed by atoms with Gasteiger partial charge < -0.3 is 9.15 Å². The highest BCUT2D eigenvalue weighted by atomic mass is 35.5. The van der Waals surface area contributed by atoms with Crippen molar-refractivity contribution >= 4 is 23.4 Å². The largest absolute Gasteiger partial charge is 0.484 e. The van der Waals surface area contributed by atoms with E-state index in [0.29, 0.717) is 16.1 Å². The molecule has 2 rings (SSSR count). The maximum absolute atomic E-state index is 5.86. The minimum Gasteiger partial charge on any atom is -0.484 e. The average Bonchev–Trinajstić information content (AvgIpc) is 2.76. The Labute approximate surface area is 108 Å². The third kappa shape index (κ3) is 3.14. The van der Waals surface area contributed by atoms with Gasteiger partial charge in [-0.1, -0.05) is 23.4 Å². The first kappa shape index (κ1) is 12.3. The Bertz CT molecular complexity index is 516. The second kappa shape index (κ2) is 5.42. The van der Waals surface area contributed by atoms with Crippen LogP contribution < -0.4 is 4.74 Å². The zero-order valence-electron chi connectivity index (χ0n) is 9.44. The summed E-state index contributed by atoms with van der Waals surface area (Å²) >= 11 is 7.26. The number of nitrogens with zero attached hydrogens (tertiary/aromatic N) is 2. The third-order valence-corrected chi connectivity index (χ3v) is 2.86. The molecule has 17 heavy (non-hydrogen) atoms. The van der Waals surface area contributed by atoms with Gasteiger partial charge in [0.1, 0.15) is 5.75 Å². The van der Waals surface area contributed by atoms with E-state index in [1.165, 1.54) is 11.8 Å². The summed E-state index contributed by atoms with van der Waals surface area (Å²) in [5, 5.41) is 8.92. The van der Waals surface area contributed by atoms with Crippen LogP contribution in [0.4, 0.5) is 0 Å². The van der Waals surface area contributed by atoms with Gasteiger partial charge in [-0.15, -0.1) is 10.2 Å². The molecule has 2 aromatic rings. The molecule has 90 valence electrons. The lowest BCUT2D eigenvalue weighted by Crippen LogP contribution is -1.97. The fourth-order valence-electron chi connectivity index (χ4n) is 1.29. The molecule has 0 spiro atoms. The number of aromatic nitrogens is 2. The number of rotatable bonds is 4. The van der Waals surface area contributed by atoms with E-state index in [2.05, 4.69) is 10.2 Å². The minimum atomic E-state index is 0.260.